The van der Waals surface area contributed by atoms with Crippen LogP contribution in [0.25, 0.3) is 0 Å². The van der Waals surface area contributed by atoms with Crippen LogP contribution in [-0.2, 0) is 9.84 Å². The molecule has 0 radical (unpaired) electrons. The lowest BCUT2D eigenvalue weighted by Gasteiger charge is -2.20. The minimum Gasteiger partial charge on any atom is -0.496 e. The van der Waals surface area contributed by atoms with Crippen LogP contribution in [-0.4, -0.2) is 27.0 Å². The first-order chi connectivity index (χ1) is 8.43. The third-order valence-corrected chi connectivity index (χ3v) is 5.36. The Morgan fingerprint density at radius 2 is 2.22 bits per heavy atom. The molecule has 0 amide bonds. The first-order valence-electron chi connectivity index (χ1n) is 5.72. The number of halogens is 1. The van der Waals surface area contributed by atoms with Gasteiger partial charge in [0.15, 0.2) is 9.84 Å². The molecule has 1 aromatic rings. The standard InChI is InChI=1S/C12H16ClNO3S/c1-17-11-3-2-9(13)6-10(11)12(14)8-4-5-18(15,16)7-8/h2-3,6,8,12H,4-5,7,14H2,1H3. The number of benzene rings is 1. The van der Waals surface area contributed by atoms with Gasteiger partial charge in [0.25, 0.3) is 0 Å². The molecule has 1 fully saturated rings. The molecule has 0 bridgehead atoms. The quantitative estimate of drug-likeness (QED) is 0.921. The van der Waals surface area contributed by atoms with Crippen LogP contribution >= 0.6 is 11.6 Å². The minimum absolute atomic E-state index is 0.0673. The predicted molar refractivity (Wildman–Crippen MR) is 71.7 cm³/mol. The van der Waals surface area contributed by atoms with Crippen molar-refractivity contribution in [2.45, 2.75) is 12.5 Å². The summed E-state index contributed by atoms with van der Waals surface area (Å²) in [5.74, 6) is 0.941. The van der Waals surface area contributed by atoms with Gasteiger partial charge in [-0.15, -0.1) is 0 Å². The van der Waals surface area contributed by atoms with Crippen LogP contribution in [0, 0.1) is 5.92 Å². The summed E-state index contributed by atoms with van der Waals surface area (Å²) in [5.41, 5.74) is 6.93. The molecule has 1 aliphatic rings. The molecule has 6 heteroatoms. The van der Waals surface area contributed by atoms with Gasteiger partial charge >= 0.3 is 0 Å². The highest BCUT2D eigenvalue weighted by Gasteiger charge is 2.33. The number of methoxy groups -OCH3 is 1. The lowest BCUT2D eigenvalue weighted by atomic mass is 9.93. The maximum Gasteiger partial charge on any atom is 0.150 e. The van der Waals surface area contributed by atoms with E-state index in [2.05, 4.69) is 0 Å². The molecule has 1 saturated heterocycles. The summed E-state index contributed by atoms with van der Waals surface area (Å²) in [6.07, 6.45) is 0.596. The summed E-state index contributed by atoms with van der Waals surface area (Å²) in [4.78, 5) is 0. The molecule has 0 aliphatic carbocycles. The Bertz CT molecular complexity index is 544. The smallest absolute Gasteiger partial charge is 0.150 e. The lowest BCUT2D eigenvalue weighted by Crippen LogP contribution is -2.23. The molecule has 0 aromatic heterocycles. The number of sulfone groups is 1. The van der Waals surface area contributed by atoms with Gasteiger partial charge in [0.2, 0.25) is 0 Å². The van der Waals surface area contributed by atoms with Gasteiger partial charge in [0, 0.05) is 16.6 Å². The van der Waals surface area contributed by atoms with Gasteiger partial charge in [0.1, 0.15) is 5.75 Å². The molecule has 18 heavy (non-hydrogen) atoms. The van der Waals surface area contributed by atoms with Gasteiger partial charge in [-0.05, 0) is 30.5 Å². The zero-order valence-corrected chi connectivity index (χ0v) is 11.7. The van der Waals surface area contributed by atoms with Crippen molar-refractivity contribution in [1.29, 1.82) is 0 Å². The minimum atomic E-state index is -2.93. The fourth-order valence-corrected chi connectivity index (χ4v) is 4.36. The number of ether oxygens (including phenoxy) is 1. The summed E-state index contributed by atoms with van der Waals surface area (Å²) in [7, 11) is -1.37. The van der Waals surface area contributed by atoms with E-state index < -0.39 is 9.84 Å². The average molecular weight is 290 g/mol. The van der Waals surface area contributed by atoms with E-state index in [9.17, 15) is 8.42 Å². The van der Waals surface area contributed by atoms with Crippen molar-refractivity contribution in [2.24, 2.45) is 11.7 Å². The zero-order chi connectivity index (χ0) is 13.3. The number of nitrogens with two attached hydrogens (primary N) is 1. The third-order valence-electron chi connectivity index (χ3n) is 3.33. The van der Waals surface area contributed by atoms with Crippen molar-refractivity contribution < 1.29 is 13.2 Å². The second kappa shape index (κ2) is 5.07. The van der Waals surface area contributed by atoms with Crippen LogP contribution in [0.15, 0.2) is 18.2 Å². The largest absolute Gasteiger partial charge is 0.496 e. The Kier molecular flexibility index (Phi) is 3.84. The van der Waals surface area contributed by atoms with Crippen LogP contribution in [0.4, 0.5) is 0 Å². The Hall–Kier alpha value is -0.780. The summed E-state index contributed by atoms with van der Waals surface area (Å²) < 4.78 is 28.2. The summed E-state index contributed by atoms with van der Waals surface area (Å²) in [6, 6.07) is 4.86. The van der Waals surface area contributed by atoms with Crippen molar-refractivity contribution in [2.75, 3.05) is 18.6 Å². The van der Waals surface area contributed by atoms with Gasteiger partial charge in [-0.3, -0.25) is 0 Å². The van der Waals surface area contributed by atoms with E-state index in [0.29, 0.717) is 17.2 Å². The number of hydrogen-bond donors (Lipinski definition) is 1. The molecule has 0 saturated carbocycles. The molecule has 0 spiro atoms. The Labute approximate surface area is 112 Å². The monoisotopic (exact) mass is 289 g/mol. The lowest BCUT2D eigenvalue weighted by molar-refractivity contribution is 0.392. The average Bonchev–Trinajstić information content (AvgIpc) is 2.68. The second-order valence-electron chi connectivity index (χ2n) is 4.58. The SMILES string of the molecule is COc1ccc(Cl)cc1C(N)C1CCS(=O)(=O)C1. The highest BCUT2D eigenvalue weighted by molar-refractivity contribution is 7.91. The number of hydrogen-bond acceptors (Lipinski definition) is 4. The van der Waals surface area contributed by atoms with Crippen molar-refractivity contribution in [3.8, 4) is 5.75 Å². The highest BCUT2D eigenvalue weighted by Crippen LogP contribution is 2.35. The maximum atomic E-state index is 11.5. The van der Waals surface area contributed by atoms with Gasteiger partial charge in [0.05, 0.1) is 18.6 Å². The van der Waals surface area contributed by atoms with E-state index >= 15 is 0 Å². The topological polar surface area (TPSA) is 69.4 Å². The van der Waals surface area contributed by atoms with Crippen molar-refractivity contribution in [3.05, 3.63) is 28.8 Å². The van der Waals surface area contributed by atoms with Gasteiger partial charge in [-0.2, -0.15) is 0 Å². The van der Waals surface area contributed by atoms with Crippen molar-refractivity contribution in [3.63, 3.8) is 0 Å². The van der Waals surface area contributed by atoms with E-state index in [1.165, 1.54) is 0 Å². The Morgan fingerprint density at radius 1 is 1.50 bits per heavy atom. The first-order valence-corrected chi connectivity index (χ1v) is 7.92. The highest BCUT2D eigenvalue weighted by atomic mass is 35.5. The molecule has 1 aromatic carbocycles. The van der Waals surface area contributed by atoms with E-state index in [-0.39, 0.29) is 23.5 Å². The van der Waals surface area contributed by atoms with Crippen LogP contribution in [0.1, 0.15) is 18.0 Å². The summed E-state index contributed by atoms with van der Waals surface area (Å²) in [5, 5.41) is 0.571. The molecule has 2 atom stereocenters. The zero-order valence-electron chi connectivity index (χ0n) is 10.1. The van der Waals surface area contributed by atoms with Crippen LogP contribution in [0.2, 0.25) is 5.02 Å². The van der Waals surface area contributed by atoms with E-state index in [1.807, 2.05) is 0 Å². The summed E-state index contributed by atoms with van der Waals surface area (Å²) >= 11 is 5.95. The number of rotatable bonds is 3. The van der Waals surface area contributed by atoms with E-state index in [0.717, 1.165) is 5.56 Å². The normalized spacial score (nSPS) is 23.8. The van der Waals surface area contributed by atoms with E-state index in [1.54, 1.807) is 25.3 Å². The summed E-state index contributed by atoms with van der Waals surface area (Å²) in [6.45, 7) is 0. The fourth-order valence-electron chi connectivity index (χ4n) is 2.33. The molecule has 2 unspecified atom stereocenters. The van der Waals surface area contributed by atoms with Gasteiger partial charge < -0.3 is 10.5 Å². The molecule has 4 nitrogen and oxygen atoms in total. The van der Waals surface area contributed by atoms with Crippen LogP contribution in [0.3, 0.4) is 0 Å². The van der Waals surface area contributed by atoms with Crippen molar-refractivity contribution >= 4 is 21.4 Å². The van der Waals surface area contributed by atoms with Crippen LogP contribution in [0.5, 0.6) is 5.75 Å². The fraction of sp³-hybridized carbons (Fsp3) is 0.500. The Morgan fingerprint density at radius 3 is 2.78 bits per heavy atom. The molecule has 1 heterocycles. The van der Waals surface area contributed by atoms with Gasteiger partial charge in [-0.25, -0.2) is 8.42 Å². The maximum absolute atomic E-state index is 11.5. The van der Waals surface area contributed by atoms with Gasteiger partial charge in [-0.1, -0.05) is 11.6 Å². The Balaban J connectivity index is 2.28. The molecular weight excluding hydrogens is 274 g/mol. The second-order valence-corrected chi connectivity index (χ2v) is 7.24. The molecule has 100 valence electrons. The third kappa shape index (κ3) is 2.79. The molecule has 2 N–H and O–H groups in total. The predicted octanol–water partition coefficient (Wildman–Crippen LogP) is 1.78. The first kappa shape index (κ1) is 13.6. The van der Waals surface area contributed by atoms with Crippen molar-refractivity contribution in [1.82, 2.24) is 0 Å². The molecular formula is C12H16ClNO3S. The van der Waals surface area contributed by atoms with E-state index in [4.69, 9.17) is 22.1 Å². The van der Waals surface area contributed by atoms with Crippen LogP contribution < -0.4 is 10.5 Å². The molecule has 1 aliphatic heterocycles. The molecule has 2 rings (SSSR count).